The van der Waals surface area contributed by atoms with Crippen LogP contribution >= 0.6 is 0 Å². The van der Waals surface area contributed by atoms with Gasteiger partial charge in [0.15, 0.2) is 0 Å². The molecule has 0 aromatic heterocycles. The van der Waals surface area contributed by atoms with Gasteiger partial charge in [0.05, 0.1) is 0 Å². The van der Waals surface area contributed by atoms with Gasteiger partial charge < -0.3 is 9.80 Å². The molecule has 1 aliphatic rings. The van der Waals surface area contributed by atoms with Gasteiger partial charge >= 0.3 is 6.03 Å². The summed E-state index contributed by atoms with van der Waals surface area (Å²) in [6.07, 6.45) is 0.961. The van der Waals surface area contributed by atoms with E-state index in [9.17, 15) is 4.79 Å². The van der Waals surface area contributed by atoms with E-state index in [4.69, 9.17) is 0 Å². The lowest BCUT2D eigenvalue weighted by Gasteiger charge is -2.37. The Hall–Kier alpha value is -1.51. The van der Waals surface area contributed by atoms with Gasteiger partial charge in [0, 0.05) is 25.7 Å². The third kappa shape index (κ3) is 2.35. The van der Waals surface area contributed by atoms with Crippen LogP contribution in [-0.2, 0) is 13.0 Å². The lowest BCUT2D eigenvalue weighted by molar-refractivity contribution is 0.132. The number of amides is 2. The van der Waals surface area contributed by atoms with Crippen molar-refractivity contribution in [3.05, 3.63) is 35.4 Å². The molecule has 2 amide bonds. The topological polar surface area (TPSA) is 23.6 Å². The van der Waals surface area contributed by atoms with Gasteiger partial charge in [-0.1, -0.05) is 24.3 Å². The van der Waals surface area contributed by atoms with E-state index in [0.717, 1.165) is 26.1 Å². The van der Waals surface area contributed by atoms with E-state index < -0.39 is 0 Å². The van der Waals surface area contributed by atoms with Crippen molar-refractivity contribution >= 4 is 6.03 Å². The number of carbonyl (C=O) groups is 1. The first kappa shape index (κ1) is 12.9. The monoisotopic (exact) mass is 246 g/mol. The minimum atomic E-state index is 0.169. The number of benzene rings is 1. The summed E-state index contributed by atoms with van der Waals surface area (Å²) in [7, 11) is 0. The number of hydrogen-bond donors (Lipinski definition) is 0. The SMILES string of the molecule is CCN(CC)C(=O)N1Cc2ccccc2CC1C. The van der Waals surface area contributed by atoms with E-state index in [-0.39, 0.29) is 12.1 Å². The van der Waals surface area contributed by atoms with Crippen LogP contribution in [-0.4, -0.2) is 35.0 Å². The molecule has 0 bridgehead atoms. The molecule has 3 heteroatoms. The van der Waals surface area contributed by atoms with Gasteiger partial charge in [0.1, 0.15) is 0 Å². The second-order valence-corrected chi connectivity index (χ2v) is 4.90. The van der Waals surface area contributed by atoms with Crippen molar-refractivity contribution in [3.8, 4) is 0 Å². The zero-order chi connectivity index (χ0) is 13.1. The lowest BCUT2D eigenvalue weighted by Crippen LogP contribution is -2.49. The second kappa shape index (κ2) is 5.42. The summed E-state index contributed by atoms with van der Waals surface area (Å²) >= 11 is 0. The molecule has 1 atom stereocenters. The Labute approximate surface area is 109 Å². The molecule has 0 fully saturated rings. The zero-order valence-electron chi connectivity index (χ0n) is 11.5. The highest BCUT2D eigenvalue weighted by Gasteiger charge is 2.28. The Balaban J connectivity index is 2.19. The molecular formula is C15H22N2O. The summed E-state index contributed by atoms with van der Waals surface area (Å²) < 4.78 is 0. The molecule has 3 nitrogen and oxygen atoms in total. The van der Waals surface area contributed by atoms with E-state index in [1.807, 2.05) is 23.6 Å². The fourth-order valence-electron chi connectivity index (χ4n) is 2.61. The molecule has 98 valence electrons. The quantitative estimate of drug-likeness (QED) is 0.787. The van der Waals surface area contributed by atoms with Crippen LogP contribution in [0.1, 0.15) is 31.9 Å². The molecule has 0 radical (unpaired) electrons. The van der Waals surface area contributed by atoms with Crippen molar-refractivity contribution in [2.45, 2.75) is 39.8 Å². The van der Waals surface area contributed by atoms with Gasteiger partial charge in [0.25, 0.3) is 0 Å². The molecule has 1 aliphatic heterocycles. The van der Waals surface area contributed by atoms with Crippen molar-refractivity contribution in [2.24, 2.45) is 0 Å². The zero-order valence-corrected chi connectivity index (χ0v) is 11.5. The third-order valence-corrected chi connectivity index (χ3v) is 3.79. The van der Waals surface area contributed by atoms with E-state index in [1.165, 1.54) is 11.1 Å². The molecule has 0 N–H and O–H groups in total. The standard InChI is InChI=1S/C15H22N2O/c1-4-16(5-2)15(18)17-11-14-9-7-6-8-13(14)10-12(17)3/h6-9,12H,4-5,10-11H2,1-3H3. The number of fused-ring (bicyclic) bond motifs is 1. The molecule has 18 heavy (non-hydrogen) atoms. The molecule has 0 spiro atoms. The van der Waals surface area contributed by atoms with Crippen LogP contribution in [0.15, 0.2) is 24.3 Å². The molecule has 0 aliphatic carbocycles. The van der Waals surface area contributed by atoms with Crippen LogP contribution in [0, 0.1) is 0 Å². The number of hydrogen-bond acceptors (Lipinski definition) is 1. The van der Waals surface area contributed by atoms with Crippen LogP contribution < -0.4 is 0 Å². The summed E-state index contributed by atoms with van der Waals surface area (Å²) in [5, 5.41) is 0. The predicted octanol–water partition coefficient (Wildman–Crippen LogP) is 2.90. The minimum absolute atomic E-state index is 0.169. The van der Waals surface area contributed by atoms with E-state index in [1.54, 1.807) is 0 Å². The number of carbonyl (C=O) groups excluding carboxylic acids is 1. The summed E-state index contributed by atoms with van der Waals surface area (Å²) in [6, 6.07) is 8.88. The molecule has 0 saturated heterocycles. The van der Waals surface area contributed by atoms with Crippen molar-refractivity contribution in [3.63, 3.8) is 0 Å². The molecule has 1 heterocycles. The van der Waals surface area contributed by atoms with Crippen LogP contribution in [0.3, 0.4) is 0 Å². The van der Waals surface area contributed by atoms with Gasteiger partial charge in [0.2, 0.25) is 0 Å². The maximum atomic E-state index is 12.4. The maximum absolute atomic E-state index is 12.4. The summed E-state index contributed by atoms with van der Waals surface area (Å²) in [5.41, 5.74) is 2.67. The molecule has 2 rings (SSSR count). The van der Waals surface area contributed by atoms with Crippen molar-refractivity contribution < 1.29 is 4.79 Å². The summed E-state index contributed by atoms with van der Waals surface area (Å²) in [5.74, 6) is 0. The molecule has 1 aromatic carbocycles. The van der Waals surface area contributed by atoms with Crippen molar-refractivity contribution in [1.82, 2.24) is 9.80 Å². The van der Waals surface area contributed by atoms with Crippen LogP contribution in [0.4, 0.5) is 4.79 Å². The average molecular weight is 246 g/mol. The van der Waals surface area contributed by atoms with Gasteiger partial charge in [-0.05, 0) is 38.3 Å². The van der Waals surface area contributed by atoms with Crippen molar-refractivity contribution in [2.75, 3.05) is 13.1 Å². The van der Waals surface area contributed by atoms with Gasteiger partial charge in [-0.3, -0.25) is 0 Å². The van der Waals surface area contributed by atoms with Crippen LogP contribution in [0.5, 0.6) is 0 Å². The number of urea groups is 1. The van der Waals surface area contributed by atoms with E-state index >= 15 is 0 Å². The highest BCUT2D eigenvalue weighted by molar-refractivity contribution is 5.75. The van der Waals surface area contributed by atoms with E-state index in [0.29, 0.717) is 0 Å². The predicted molar refractivity (Wildman–Crippen MR) is 73.5 cm³/mol. The second-order valence-electron chi connectivity index (χ2n) is 4.90. The lowest BCUT2D eigenvalue weighted by atomic mass is 9.95. The Morgan fingerprint density at radius 1 is 1.28 bits per heavy atom. The number of rotatable bonds is 2. The normalized spacial score (nSPS) is 18.4. The first-order valence-corrected chi connectivity index (χ1v) is 6.79. The van der Waals surface area contributed by atoms with E-state index in [2.05, 4.69) is 31.2 Å². The Morgan fingerprint density at radius 2 is 1.89 bits per heavy atom. The average Bonchev–Trinajstić information content (AvgIpc) is 2.39. The molecule has 1 aromatic rings. The smallest absolute Gasteiger partial charge is 0.320 e. The summed E-state index contributed by atoms with van der Waals surface area (Å²) in [4.78, 5) is 16.3. The summed E-state index contributed by atoms with van der Waals surface area (Å²) in [6.45, 7) is 8.50. The molecular weight excluding hydrogens is 224 g/mol. The third-order valence-electron chi connectivity index (χ3n) is 3.79. The number of nitrogens with zero attached hydrogens (tertiary/aromatic N) is 2. The van der Waals surface area contributed by atoms with Crippen LogP contribution in [0.2, 0.25) is 0 Å². The molecule has 0 saturated carbocycles. The highest BCUT2D eigenvalue weighted by Crippen LogP contribution is 2.23. The minimum Gasteiger partial charge on any atom is -0.325 e. The Kier molecular flexibility index (Phi) is 3.90. The Bertz CT molecular complexity index is 426. The fourth-order valence-corrected chi connectivity index (χ4v) is 2.61. The Morgan fingerprint density at radius 3 is 2.50 bits per heavy atom. The first-order chi connectivity index (χ1) is 8.67. The maximum Gasteiger partial charge on any atom is 0.320 e. The van der Waals surface area contributed by atoms with Gasteiger partial charge in [-0.25, -0.2) is 4.79 Å². The fraction of sp³-hybridized carbons (Fsp3) is 0.533. The van der Waals surface area contributed by atoms with Crippen molar-refractivity contribution in [1.29, 1.82) is 0 Å². The van der Waals surface area contributed by atoms with Crippen LogP contribution in [0.25, 0.3) is 0 Å². The largest absolute Gasteiger partial charge is 0.325 e. The molecule has 1 unspecified atom stereocenters. The van der Waals surface area contributed by atoms with Gasteiger partial charge in [-0.15, -0.1) is 0 Å². The highest BCUT2D eigenvalue weighted by atomic mass is 16.2. The van der Waals surface area contributed by atoms with Gasteiger partial charge in [-0.2, -0.15) is 0 Å². The first-order valence-electron chi connectivity index (χ1n) is 6.79.